The molecule has 1 aromatic heterocycles. The molecule has 0 bridgehead atoms. The zero-order valence-corrected chi connectivity index (χ0v) is 12.7. The first-order valence-electron chi connectivity index (χ1n) is 6.76. The molecule has 120 valence electrons. The van der Waals surface area contributed by atoms with Crippen molar-refractivity contribution in [1.29, 1.82) is 0 Å². The van der Waals surface area contributed by atoms with Gasteiger partial charge in [0, 0.05) is 30.6 Å². The van der Waals surface area contributed by atoms with E-state index in [0.717, 1.165) is 5.69 Å². The molecule has 23 heavy (non-hydrogen) atoms. The molecule has 0 aliphatic carbocycles. The van der Waals surface area contributed by atoms with Crippen LogP contribution in [0.3, 0.4) is 0 Å². The van der Waals surface area contributed by atoms with Crippen LogP contribution in [0.2, 0.25) is 0 Å². The number of nitrogens with one attached hydrogen (secondary N) is 1. The summed E-state index contributed by atoms with van der Waals surface area (Å²) in [5.74, 6) is -0.106. The minimum Gasteiger partial charge on any atom is -0.490 e. The zero-order valence-electron chi connectivity index (χ0n) is 12.7. The average Bonchev–Trinajstić information content (AvgIpc) is 2.92. The Balaban J connectivity index is 2.00. The van der Waals surface area contributed by atoms with Gasteiger partial charge in [0.2, 0.25) is 5.91 Å². The summed E-state index contributed by atoms with van der Waals surface area (Å²) in [7, 11) is 3.21. The van der Waals surface area contributed by atoms with E-state index in [9.17, 15) is 14.9 Å². The lowest BCUT2D eigenvalue weighted by atomic mass is 10.2. The van der Waals surface area contributed by atoms with Crippen molar-refractivity contribution in [3.63, 3.8) is 0 Å². The van der Waals surface area contributed by atoms with Crippen molar-refractivity contribution in [2.75, 3.05) is 7.11 Å². The number of nitrogens with zero attached hydrogens (tertiary/aromatic N) is 3. The molecule has 0 saturated heterocycles. The van der Waals surface area contributed by atoms with E-state index in [0.29, 0.717) is 5.56 Å². The number of ether oxygens (including phenoxy) is 1. The van der Waals surface area contributed by atoms with Gasteiger partial charge in [-0.15, -0.1) is 0 Å². The molecular formula is C15H16N4O4. The van der Waals surface area contributed by atoms with E-state index < -0.39 is 4.92 Å². The summed E-state index contributed by atoms with van der Waals surface area (Å²) in [6, 6.07) is 8.11. The maximum atomic E-state index is 11.8. The molecule has 1 heterocycles. The van der Waals surface area contributed by atoms with Gasteiger partial charge in [-0.25, -0.2) is 5.43 Å². The summed E-state index contributed by atoms with van der Waals surface area (Å²) < 4.78 is 6.76. The number of hydrazone groups is 1. The fraction of sp³-hybridized carbons (Fsp3) is 0.200. The normalized spacial score (nSPS) is 10.7. The smallest absolute Gasteiger partial charge is 0.311 e. The Morgan fingerprint density at radius 1 is 1.48 bits per heavy atom. The summed E-state index contributed by atoms with van der Waals surface area (Å²) in [5.41, 5.74) is 3.57. The van der Waals surface area contributed by atoms with E-state index in [1.54, 1.807) is 6.07 Å². The predicted molar refractivity (Wildman–Crippen MR) is 84.5 cm³/mol. The second kappa shape index (κ2) is 7.21. The van der Waals surface area contributed by atoms with Crippen molar-refractivity contribution >= 4 is 17.8 Å². The number of hydrogen-bond acceptors (Lipinski definition) is 5. The average molecular weight is 316 g/mol. The van der Waals surface area contributed by atoms with Crippen LogP contribution < -0.4 is 10.2 Å². The van der Waals surface area contributed by atoms with Crippen LogP contribution in [0, 0.1) is 10.1 Å². The molecule has 1 amide bonds. The summed E-state index contributed by atoms with van der Waals surface area (Å²) >= 11 is 0. The number of nitro benzene ring substituents is 1. The molecule has 0 saturated carbocycles. The summed E-state index contributed by atoms with van der Waals surface area (Å²) in [5, 5.41) is 14.7. The third-order valence-electron chi connectivity index (χ3n) is 3.20. The van der Waals surface area contributed by atoms with Crippen molar-refractivity contribution < 1.29 is 14.5 Å². The fourth-order valence-corrected chi connectivity index (χ4v) is 1.99. The van der Waals surface area contributed by atoms with E-state index >= 15 is 0 Å². The number of aryl methyl sites for hydroxylation is 1. The molecule has 2 rings (SSSR count). The lowest BCUT2D eigenvalue weighted by Gasteiger charge is -2.03. The van der Waals surface area contributed by atoms with Gasteiger partial charge in [-0.2, -0.15) is 5.10 Å². The Kier molecular flexibility index (Phi) is 5.08. The van der Waals surface area contributed by atoms with Gasteiger partial charge in [-0.05, 0) is 24.3 Å². The van der Waals surface area contributed by atoms with Gasteiger partial charge < -0.3 is 9.30 Å². The van der Waals surface area contributed by atoms with E-state index in [-0.39, 0.29) is 23.8 Å². The van der Waals surface area contributed by atoms with Crippen LogP contribution in [-0.2, 0) is 18.3 Å². The molecule has 0 spiro atoms. The third kappa shape index (κ3) is 4.16. The second-order valence-corrected chi connectivity index (χ2v) is 4.77. The van der Waals surface area contributed by atoms with Gasteiger partial charge in [0.05, 0.1) is 24.7 Å². The summed E-state index contributed by atoms with van der Waals surface area (Å²) in [6.07, 6.45) is 3.39. The van der Waals surface area contributed by atoms with Gasteiger partial charge in [0.15, 0.2) is 5.75 Å². The molecule has 0 fully saturated rings. The SMILES string of the molecule is COc1ccc(/C=N\NC(=O)Cc2cccn2C)cc1[N+](=O)[O-]. The predicted octanol–water partition coefficient (Wildman–Crippen LogP) is 1.63. The van der Waals surface area contributed by atoms with Crippen LogP contribution in [0.4, 0.5) is 5.69 Å². The first-order valence-corrected chi connectivity index (χ1v) is 6.76. The van der Waals surface area contributed by atoms with Crippen molar-refractivity contribution in [1.82, 2.24) is 9.99 Å². The lowest BCUT2D eigenvalue weighted by Crippen LogP contribution is -2.20. The molecule has 1 N–H and O–H groups in total. The van der Waals surface area contributed by atoms with Crippen molar-refractivity contribution in [2.45, 2.75) is 6.42 Å². The molecule has 0 aliphatic rings. The number of carbonyl (C=O) groups excluding carboxylic acids is 1. The standard InChI is InChI=1S/C15H16N4O4/c1-18-7-3-4-12(18)9-15(20)17-16-10-11-5-6-14(23-2)13(8-11)19(21)22/h3-8,10H,9H2,1-2H3,(H,17,20)/b16-10-. The van der Waals surface area contributed by atoms with E-state index in [2.05, 4.69) is 10.5 Å². The molecule has 0 atom stereocenters. The highest BCUT2D eigenvalue weighted by atomic mass is 16.6. The van der Waals surface area contributed by atoms with Gasteiger partial charge >= 0.3 is 5.69 Å². The Hall–Kier alpha value is -3.16. The van der Waals surface area contributed by atoms with E-state index in [4.69, 9.17) is 4.74 Å². The maximum Gasteiger partial charge on any atom is 0.311 e. The highest BCUT2D eigenvalue weighted by Crippen LogP contribution is 2.26. The van der Waals surface area contributed by atoms with Crippen molar-refractivity contribution in [3.05, 3.63) is 57.9 Å². The molecule has 1 aromatic carbocycles. The Bertz CT molecular complexity index is 752. The third-order valence-corrected chi connectivity index (χ3v) is 3.20. The van der Waals surface area contributed by atoms with Crippen molar-refractivity contribution in [3.8, 4) is 5.75 Å². The Morgan fingerprint density at radius 3 is 2.87 bits per heavy atom. The van der Waals surface area contributed by atoms with Crippen LogP contribution >= 0.6 is 0 Å². The molecule has 8 nitrogen and oxygen atoms in total. The Labute approximate surface area is 132 Å². The first kappa shape index (κ1) is 16.2. The van der Waals surface area contributed by atoms with Gasteiger partial charge in [-0.3, -0.25) is 14.9 Å². The van der Waals surface area contributed by atoms with Crippen LogP contribution in [0.5, 0.6) is 5.75 Å². The largest absolute Gasteiger partial charge is 0.490 e. The van der Waals surface area contributed by atoms with Crippen LogP contribution in [0.25, 0.3) is 0 Å². The fourth-order valence-electron chi connectivity index (χ4n) is 1.99. The highest BCUT2D eigenvalue weighted by Gasteiger charge is 2.14. The van der Waals surface area contributed by atoms with Crippen LogP contribution in [0.15, 0.2) is 41.6 Å². The monoisotopic (exact) mass is 316 g/mol. The summed E-state index contributed by atoms with van der Waals surface area (Å²) in [4.78, 5) is 22.2. The number of rotatable bonds is 6. The quantitative estimate of drug-likeness (QED) is 0.497. The number of aromatic nitrogens is 1. The van der Waals surface area contributed by atoms with Crippen LogP contribution in [-0.4, -0.2) is 28.7 Å². The number of hydrogen-bond donors (Lipinski definition) is 1. The minimum atomic E-state index is -0.538. The number of benzene rings is 1. The number of carbonyl (C=O) groups is 1. The number of methoxy groups -OCH3 is 1. The van der Waals surface area contributed by atoms with E-state index in [1.807, 2.05) is 29.9 Å². The summed E-state index contributed by atoms with van der Waals surface area (Å²) in [6.45, 7) is 0. The van der Waals surface area contributed by atoms with Gasteiger partial charge in [0.25, 0.3) is 0 Å². The van der Waals surface area contributed by atoms with Gasteiger partial charge in [0.1, 0.15) is 0 Å². The maximum absolute atomic E-state index is 11.8. The van der Waals surface area contributed by atoms with Crippen LogP contribution in [0.1, 0.15) is 11.3 Å². The number of nitro groups is 1. The topological polar surface area (TPSA) is 98.8 Å². The molecule has 2 aromatic rings. The molecular weight excluding hydrogens is 300 g/mol. The highest BCUT2D eigenvalue weighted by molar-refractivity contribution is 5.84. The Morgan fingerprint density at radius 2 is 2.26 bits per heavy atom. The van der Waals surface area contributed by atoms with E-state index in [1.165, 1.54) is 25.5 Å². The van der Waals surface area contributed by atoms with Crippen molar-refractivity contribution in [2.24, 2.45) is 12.1 Å². The first-order chi connectivity index (χ1) is 11.0. The molecule has 8 heteroatoms. The minimum absolute atomic E-state index is 0.161. The second-order valence-electron chi connectivity index (χ2n) is 4.77. The molecule has 0 aliphatic heterocycles. The zero-order chi connectivity index (χ0) is 16.8. The number of amides is 1. The van der Waals surface area contributed by atoms with Gasteiger partial charge in [-0.1, -0.05) is 0 Å². The lowest BCUT2D eigenvalue weighted by molar-refractivity contribution is -0.385. The molecule has 0 unspecified atom stereocenters. The molecule has 0 radical (unpaired) electrons.